The Bertz CT molecular complexity index is 611. The van der Waals surface area contributed by atoms with Crippen LogP contribution in [-0.2, 0) is 19.4 Å². The third kappa shape index (κ3) is 2.72. The Kier molecular flexibility index (Phi) is 3.41. The van der Waals surface area contributed by atoms with Gasteiger partial charge in [-0.2, -0.15) is 5.10 Å². The highest BCUT2D eigenvalue weighted by molar-refractivity contribution is 9.10. The number of aliphatic hydroxyl groups is 1. The minimum absolute atomic E-state index is 0.245. The van der Waals surface area contributed by atoms with Crippen LogP contribution in [0.25, 0.3) is 0 Å². The predicted molar refractivity (Wildman–Crippen MR) is 73.5 cm³/mol. The Hall–Kier alpha value is -1.20. The maximum Gasteiger partial charge on any atom is 0.123 e. The summed E-state index contributed by atoms with van der Waals surface area (Å²) in [6, 6.07) is 4.65. The van der Waals surface area contributed by atoms with E-state index in [-0.39, 0.29) is 11.9 Å². The van der Waals surface area contributed by atoms with Crippen LogP contribution in [0.2, 0.25) is 0 Å². The summed E-state index contributed by atoms with van der Waals surface area (Å²) in [4.78, 5) is 0. The lowest BCUT2D eigenvalue weighted by Gasteiger charge is -2.14. The SMILES string of the molecule is OC1CCc2nn(Cc3cc(F)ccc3Br)cc2C1. The van der Waals surface area contributed by atoms with Crippen LogP contribution < -0.4 is 0 Å². The molecule has 0 spiro atoms. The van der Waals surface area contributed by atoms with Crippen LogP contribution in [0.4, 0.5) is 4.39 Å². The summed E-state index contributed by atoms with van der Waals surface area (Å²) in [5.41, 5.74) is 3.02. The van der Waals surface area contributed by atoms with Gasteiger partial charge in [0.25, 0.3) is 0 Å². The lowest BCUT2D eigenvalue weighted by Crippen LogP contribution is -2.17. The molecule has 0 fully saturated rings. The molecular weight excluding hydrogens is 311 g/mol. The van der Waals surface area contributed by atoms with E-state index in [0.29, 0.717) is 13.0 Å². The topological polar surface area (TPSA) is 38.1 Å². The molecule has 1 aromatic heterocycles. The van der Waals surface area contributed by atoms with Gasteiger partial charge in [0.15, 0.2) is 0 Å². The molecule has 19 heavy (non-hydrogen) atoms. The van der Waals surface area contributed by atoms with Crippen LogP contribution in [0.1, 0.15) is 23.2 Å². The second kappa shape index (κ2) is 5.06. The number of aromatic nitrogens is 2. The zero-order chi connectivity index (χ0) is 13.4. The Morgan fingerprint density at radius 2 is 2.32 bits per heavy atom. The second-order valence-electron chi connectivity index (χ2n) is 4.93. The van der Waals surface area contributed by atoms with Crippen LogP contribution in [0.3, 0.4) is 0 Å². The van der Waals surface area contributed by atoms with Crippen molar-refractivity contribution in [2.75, 3.05) is 0 Å². The van der Waals surface area contributed by atoms with E-state index in [1.807, 2.05) is 10.9 Å². The van der Waals surface area contributed by atoms with Gasteiger partial charge in [-0.05, 0) is 42.2 Å². The van der Waals surface area contributed by atoms with Gasteiger partial charge in [-0.25, -0.2) is 4.39 Å². The smallest absolute Gasteiger partial charge is 0.123 e. The number of benzene rings is 1. The normalized spacial score (nSPS) is 18.4. The summed E-state index contributed by atoms with van der Waals surface area (Å²) in [6.07, 6.45) is 3.95. The Morgan fingerprint density at radius 1 is 1.47 bits per heavy atom. The molecule has 0 saturated heterocycles. The van der Waals surface area contributed by atoms with Crippen molar-refractivity contribution in [1.82, 2.24) is 9.78 Å². The molecule has 1 atom stereocenters. The zero-order valence-electron chi connectivity index (χ0n) is 10.3. The standard InChI is InChI=1S/C14H14BrFN2O/c15-13-3-1-11(16)5-9(13)7-18-8-10-6-12(19)2-4-14(10)17-18/h1,3,5,8,12,19H,2,4,6-7H2. The van der Waals surface area contributed by atoms with Gasteiger partial charge in [0.1, 0.15) is 5.82 Å². The Morgan fingerprint density at radius 3 is 3.16 bits per heavy atom. The summed E-state index contributed by atoms with van der Waals surface area (Å²) in [5.74, 6) is -0.245. The molecule has 1 unspecified atom stereocenters. The molecule has 0 radical (unpaired) electrons. The number of aryl methyl sites for hydroxylation is 1. The second-order valence-corrected chi connectivity index (χ2v) is 5.79. The van der Waals surface area contributed by atoms with E-state index >= 15 is 0 Å². The van der Waals surface area contributed by atoms with Gasteiger partial charge in [-0.1, -0.05) is 15.9 Å². The number of rotatable bonds is 2. The molecule has 0 saturated carbocycles. The van der Waals surface area contributed by atoms with E-state index in [0.717, 1.165) is 34.1 Å². The Labute approximate surface area is 119 Å². The summed E-state index contributed by atoms with van der Waals surface area (Å²) >= 11 is 3.42. The van der Waals surface area contributed by atoms with Crippen LogP contribution in [0.15, 0.2) is 28.9 Å². The van der Waals surface area contributed by atoms with Crippen molar-refractivity contribution >= 4 is 15.9 Å². The molecule has 2 aromatic rings. The summed E-state index contributed by atoms with van der Waals surface area (Å²) in [5, 5.41) is 14.2. The number of halogens is 2. The quantitative estimate of drug-likeness (QED) is 0.922. The van der Waals surface area contributed by atoms with E-state index in [1.54, 1.807) is 6.07 Å². The first-order valence-corrected chi connectivity index (χ1v) is 7.08. The van der Waals surface area contributed by atoms with Crippen molar-refractivity contribution in [1.29, 1.82) is 0 Å². The average Bonchev–Trinajstić information content (AvgIpc) is 2.75. The lowest BCUT2D eigenvalue weighted by molar-refractivity contribution is 0.158. The summed E-state index contributed by atoms with van der Waals surface area (Å²) in [6.45, 7) is 0.529. The third-order valence-corrected chi connectivity index (χ3v) is 4.21. The van der Waals surface area contributed by atoms with Gasteiger partial charge in [0.05, 0.1) is 18.3 Å². The first kappa shape index (κ1) is 12.8. The molecule has 1 aliphatic carbocycles. The number of aliphatic hydroxyl groups excluding tert-OH is 1. The average molecular weight is 325 g/mol. The van der Waals surface area contributed by atoms with E-state index in [2.05, 4.69) is 21.0 Å². The van der Waals surface area contributed by atoms with Crippen molar-refractivity contribution < 1.29 is 9.50 Å². The first-order valence-electron chi connectivity index (χ1n) is 6.29. The molecule has 1 aromatic carbocycles. The van der Waals surface area contributed by atoms with Crippen LogP contribution in [0.5, 0.6) is 0 Å². The van der Waals surface area contributed by atoms with E-state index in [4.69, 9.17) is 0 Å². The maximum atomic E-state index is 13.2. The van der Waals surface area contributed by atoms with E-state index in [1.165, 1.54) is 12.1 Å². The van der Waals surface area contributed by atoms with E-state index < -0.39 is 0 Å². The van der Waals surface area contributed by atoms with Gasteiger partial charge in [0.2, 0.25) is 0 Å². The summed E-state index contributed by atoms with van der Waals surface area (Å²) in [7, 11) is 0. The van der Waals surface area contributed by atoms with Gasteiger partial charge in [-0.3, -0.25) is 4.68 Å². The van der Waals surface area contributed by atoms with Crippen LogP contribution >= 0.6 is 15.9 Å². The van der Waals surface area contributed by atoms with Gasteiger partial charge in [0, 0.05) is 17.1 Å². The fourth-order valence-electron chi connectivity index (χ4n) is 2.46. The highest BCUT2D eigenvalue weighted by Crippen LogP contribution is 2.22. The molecule has 0 aliphatic heterocycles. The maximum absolute atomic E-state index is 13.2. The highest BCUT2D eigenvalue weighted by atomic mass is 79.9. The van der Waals surface area contributed by atoms with Crippen molar-refractivity contribution in [3.8, 4) is 0 Å². The van der Waals surface area contributed by atoms with Gasteiger partial charge < -0.3 is 5.11 Å². The monoisotopic (exact) mass is 324 g/mol. The highest BCUT2D eigenvalue weighted by Gasteiger charge is 2.19. The molecule has 3 nitrogen and oxygen atoms in total. The third-order valence-electron chi connectivity index (χ3n) is 3.43. The Balaban J connectivity index is 1.86. The number of fused-ring (bicyclic) bond motifs is 1. The molecule has 3 rings (SSSR count). The molecule has 100 valence electrons. The largest absolute Gasteiger partial charge is 0.393 e. The van der Waals surface area contributed by atoms with Crippen molar-refractivity contribution in [3.05, 3.63) is 51.5 Å². The molecule has 1 aliphatic rings. The summed E-state index contributed by atoms with van der Waals surface area (Å²) < 4.78 is 15.9. The molecule has 5 heteroatoms. The number of hydrogen-bond acceptors (Lipinski definition) is 2. The van der Waals surface area contributed by atoms with Gasteiger partial charge in [-0.15, -0.1) is 0 Å². The van der Waals surface area contributed by atoms with Crippen molar-refractivity contribution in [2.45, 2.75) is 31.9 Å². The minimum atomic E-state index is -0.258. The zero-order valence-corrected chi connectivity index (χ0v) is 11.9. The molecule has 0 amide bonds. The first-order chi connectivity index (χ1) is 9.11. The fourth-order valence-corrected chi connectivity index (χ4v) is 2.83. The fraction of sp³-hybridized carbons (Fsp3) is 0.357. The molecule has 1 N–H and O–H groups in total. The lowest BCUT2D eigenvalue weighted by atomic mass is 9.96. The van der Waals surface area contributed by atoms with E-state index in [9.17, 15) is 9.50 Å². The molecular formula is C14H14BrFN2O. The minimum Gasteiger partial charge on any atom is -0.393 e. The van der Waals surface area contributed by atoms with Crippen LogP contribution in [-0.4, -0.2) is 21.0 Å². The molecule has 1 heterocycles. The number of hydrogen-bond donors (Lipinski definition) is 1. The van der Waals surface area contributed by atoms with Crippen molar-refractivity contribution in [2.24, 2.45) is 0 Å². The van der Waals surface area contributed by atoms with Crippen LogP contribution in [0, 0.1) is 5.82 Å². The number of nitrogens with zero attached hydrogens (tertiary/aromatic N) is 2. The van der Waals surface area contributed by atoms with Crippen molar-refractivity contribution in [3.63, 3.8) is 0 Å². The molecule has 0 bridgehead atoms. The van der Waals surface area contributed by atoms with Gasteiger partial charge >= 0.3 is 0 Å². The predicted octanol–water partition coefficient (Wildman–Crippen LogP) is 2.68.